The van der Waals surface area contributed by atoms with Crippen molar-refractivity contribution in [2.45, 2.75) is 32.1 Å². The van der Waals surface area contributed by atoms with E-state index < -0.39 is 12.0 Å². The molecule has 110 valence electrons. The highest BCUT2D eigenvalue weighted by atomic mass is 32.2. The van der Waals surface area contributed by atoms with E-state index in [1.54, 1.807) is 6.20 Å². The van der Waals surface area contributed by atoms with Gasteiger partial charge in [0.1, 0.15) is 6.04 Å². The molecule has 1 aromatic heterocycles. The number of pyridine rings is 1. The Labute approximate surface area is 123 Å². The van der Waals surface area contributed by atoms with Gasteiger partial charge in [0, 0.05) is 11.9 Å². The predicted octanol–water partition coefficient (Wildman–Crippen LogP) is 1.93. The van der Waals surface area contributed by atoms with Gasteiger partial charge in [0.15, 0.2) is 0 Å². The number of rotatable bonds is 8. The number of aliphatic carboxylic acids is 1. The molecule has 0 spiro atoms. The van der Waals surface area contributed by atoms with Gasteiger partial charge in [0.2, 0.25) is 5.91 Å². The number of carboxylic acid groups (broad SMARTS) is 1. The summed E-state index contributed by atoms with van der Waals surface area (Å²) < 4.78 is 0. The number of carbonyl (C=O) groups excluding carboxylic acids is 1. The number of nitrogens with zero attached hydrogens (tertiary/aromatic N) is 1. The number of amides is 1. The number of hydrogen-bond acceptors (Lipinski definition) is 4. The minimum Gasteiger partial charge on any atom is -0.480 e. The fraction of sp³-hybridized carbons (Fsp3) is 0.500. The standard InChI is InChI=1S/C14H20N2O3S/c1-3-10(2)13(14(18)19)16-12(17)9-20-8-11-6-4-5-7-15-11/h4-7,10,13H,3,8-9H2,1-2H3,(H,16,17)(H,18,19)/t10-,13-/m0/s1. The van der Waals surface area contributed by atoms with Gasteiger partial charge in [-0.1, -0.05) is 26.3 Å². The summed E-state index contributed by atoms with van der Waals surface area (Å²) >= 11 is 1.42. The minimum absolute atomic E-state index is 0.0859. The van der Waals surface area contributed by atoms with Crippen molar-refractivity contribution in [2.75, 3.05) is 5.75 Å². The average molecular weight is 296 g/mol. The van der Waals surface area contributed by atoms with E-state index in [1.165, 1.54) is 11.8 Å². The molecular weight excluding hydrogens is 276 g/mol. The molecule has 0 saturated heterocycles. The molecule has 0 aliphatic rings. The number of nitrogens with one attached hydrogen (secondary N) is 1. The molecule has 0 aliphatic heterocycles. The zero-order valence-electron chi connectivity index (χ0n) is 11.7. The van der Waals surface area contributed by atoms with Crippen LogP contribution in [-0.2, 0) is 15.3 Å². The maximum atomic E-state index is 11.8. The van der Waals surface area contributed by atoms with Crippen LogP contribution >= 0.6 is 11.8 Å². The maximum Gasteiger partial charge on any atom is 0.326 e. The highest BCUT2D eigenvalue weighted by Gasteiger charge is 2.24. The fourth-order valence-electron chi connectivity index (χ4n) is 1.63. The van der Waals surface area contributed by atoms with Crippen LogP contribution in [0.3, 0.4) is 0 Å². The van der Waals surface area contributed by atoms with E-state index in [1.807, 2.05) is 32.0 Å². The van der Waals surface area contributed by atoms with Crippen LogP contribution in [0.5, 0.6) is 0 Å². The SMILES string of the molecule is CC[C@H](C)[C@H](NC(=O)CSCc1ccccn1)C(=O)O. The Balaban J connectivity index is 2.37. The van der Waals surface area contributed by atoms with E-state index in [-0.39, 0.29) is 17.6 Å². The van der Waals surface area contributed by atoms with Gasteiger partial charge in [-0.3, -0.25) is 9.78 Å². The predicted molar refractivity (Wildman–Crippen MR) is 79.4 cm³/mol. The molecule has 1 amide bonds. The second kappa shape index (κ2) is 8.58. The molecule has 0 aliphatic carbocycles. The van der Waals surface area contributed by atoms with Crippen molar-refractivity contribution in [2.24, 2.45) is 5.92 Å². The van der Waals surface area contributed by atoms with Gasteiger partial charge in [-0.15, -0.1) is 11.8 Å². The topological polar surface area (TPSA) is 79.3 Å². The molecule has 0 fully saturated rings. The molecule has 0 bridgehead atoms. The molecule has 20 heavy (non-hydrogen) atoms. The summed E-state index contributed by atoms with van der Waals surface area (Å²) in [7, 11) is 0. The molecule has 0 unspecified atom stereocenters. The summed E-state index contributed by atoms with van der Waals surface area (Å²) in [6, 6.07) is 4.81. The summed E-state index contributed by atoms with van der Waals surface area (Å²) in [6.45, 7) is 3.72. The number of thioether (sulfide) groups is 1. The lowest BCUT2D eigenvalue weighted by atomic mass is 9.99. The molecule has 1 heterocycles. The van der Waals surface area contributed by atoms with E-state index in [4.69, 9.17) is 5.11 Å². The molecule has 2 atom stereocenters. The van der Waals surface area contributed by atoms with Crippen molar-refractivity contribution in [3.8, 4) is 0 Å². The lowest BCUT2D eigenvalue weighted by Gasteiger charge is -2.19. The summed E-state index contributed by atoms with van der Waals surface area (Å²) in [5.74, 6) is -0.454. The first-order valence-electron chi connectivity index (χ1n) is 6.54. The van der Waals surface area contributed by atoms with E-state index in [0.717, 1.165) is 5.69 Å². The molecule has 0 saturated carbocycles. The summed E-state index contributed by atoms with van der Waals surface area (Å²) in [6.07, 6.45) is 2.41. The Morgan fingerprint density at radius 1 is 1.45 bits per heavy atom. The van der Waals surface area contributed by atoms with Crippen LogP contribution in [0, 0.1) is 5.92 Å². The number of hydrogen-bond donors (Lipinski definition) is 2. The lowest BCUT2D eigenvalue weighted by Crippen LogP contribution is -2.45. The van der Waals surface area contributed by atoms with Gasteiger partial charge in [-0.05, 0) is 18.1 Å². The molecule has 2 N–H and O–H groups in total. The molecule has 1 rings (SSSR count). The maximum absolute atomic E-state index is 11.8. The monoisotopic (exact) mass is 296 g/mol. The molecule has 6 heteroatoms. The van der Waals surface area contributed by atoms with E-state index in [0.29, 0.717) is 12.2 Å². The number of carbonyl (C=O) groups is 2. The highest BCUT2D eigenvalue weighted by Crippen LogP contribution is 2.11. The van der Waals surface area contributed by atoms with Crippen LogP contribution < -0.4 is 5.32 Å². The first-order chi connectivity index (χ1) is 9.54. The van der Waals surface area contributed by atoms with Gasteiger partial charge in [0.05, 0.1) is 11.4 Å². The van der Waals surface area contributed by atoms with Gasteiger partial charge in [-0.25, -0.2) is 4.79 Å². The van der Waals surface area contributed by atoms with Crippen molar-refractivity contribution in [3.63, 3.8) is 0 Å². The molecule has 1 aromatic rings. The molecule has 5 nitrogen and oxygen atoms in total. The smallest absolute Gasteiger partial charge is 0.326 e. The number of aromatic nitrogens is 1. The minimum atomic E-state index is -0.984. The van der Waals surface area contributed by atoms with E-state index >= 15 is 0 Å². The Morgan fingerprint density at radius 3 is 2.75 bits per heavy atom. The molecule has 0 aromatic carbocycles. The summed E-state index contributed by atoms with van der Waals surface area (Å²) in [5.41, 5.74) is 0.905. The lowest BCUT2D eigenvalue weighted by molar-refractivity contribution is -0.143. The van der Waals surface area contributed by atoms with Crippen LogP contribution in [0.25, 0.3) is 0 Å². The molecule has 0 radical (unpaired) electrons. The third kappa shape index (κ3) is 5.61. The van der Waals surface area contributed by atoms with Crippen LogP contribution in [0.15, 0.2) is 24.4 Å². The first-order valence-corrected chi connectivity index (χ1v) is 7.69. The molecular formula is C14H20N2O3S. The van der Waals surface area contributed by atoms with Crippen molar-refractivity contribution < 1.29 is 14.7 Å². The van der Waals surface area contributed by atoms with Crippen molar-refractivity contribution in [3.05, 3.63) is 30.1 Å². The third-order valence-corrected chi connectivity index (χ3v) is 3.97. The fourth-order valence-corrected chi connectivity index (χ4v) is 2.38. The quantitative estimate of drug-likeness (QED) is 0.766. The van der Waals surface area contributed by atoms with Crippen LogP contribution in [0.2, 0.25) is 0 Å². The van der Waals surface area contributed by atoms with E-state index in [9.17, 15) is 9.59 Å². The van der Waals surface area contributed by atoms with Gasteiger partial charge in [0.25, 0.3) is 0 Å². The Morgan fingerprint density at radius 2 is 2.20 bits per heavy atom. The Hall–Kier alpha value is -1.56. The van der Waals surface area contributed by atoms with Crippen LogP contribution in [0.4, 0.5) is 0 Å². The van der Waals surface area contributed by atoms with Gasteiger partial charge in [-0.2, -0.15) is 0 Å². The van der Waals surface area contributed by atoms with Crippen LogP contribution in [-0.4, -0.2) is 33.8 Å². The second-order valence-electron chi connectivity index (χ2n) is 4.58. The third-order valence-electron chi connectivity index (χ3n) is 3.00. The van der Waals surface area contributed by atoms with Crippen molar-refractivity contribution in [1.29, 1.82) is 0 Å². The van der Waals surface area contributed by atoms with Crippen molar-refractivity contribution in [1.82, 2.24) is 10.3 Å². The summed E-state index contributed by atoms with van der Waals surface area (Å²) in [5, 5.41) is 11.7. The first kappa shape index (κ1) is 16.5. The van der Waals surface area contributed by atoms with Gasteiger partial charge >= 0.3 is 5.97 Å². The zero-order chi connectivity index (χ0) is 15.0. The number of carboxylic acids is 1. The van der Waals surface area contributed by atoms with E-state index in [2.05, 4.69) is 10.3 Å². The van der Waals surface area contributed by atoms with Crippen molar-refractivity contribution >= 4 is 23.6 Å². The highest BCUT2D eigenvalue weighted by molar-refractivity contribution is 7.99. The largest absolute Gasteiger partial charge is 0.480 e. The zero-order valence-corrected chi connectivity index (χ0v) is 12.5. The summed E-state index contributed by atoms with van der Waals surface area (Å²) in [4.78, 5) is 27.0. The van der Waals surface area contributed by atoms with Crippen LogP contribution in [0.1, 0.15) is 26.0 Å². The Kier molecular flexibility index (Phi) is 7.08. The normalized spacial score (nSPS) is 13.5. The van der Waals surface area contributed by atoms with Gasteiger partial charge < -0.3 is 10.4 Å². The second-order valence-corrected chi connectivity index (χ2v) is 5.57. The average Bonchev–Trinajstić information content (AvgIpc) is 2.45. The Bertz CT molecular complexity index is 439.